The maximum Gasteiger partial charge on any atom is 0.0266 e. The van der Waals surface area contributed by atoms with E-state index in [1.54, 1.807) is 0 Å². The molecule has 11 heavy (non-hydrogen) atoms. The first-order valence-corrected chi connectivity index (χ1v) is 3.52. The van der Waals surface area contributed by atoms with Crippen LogP contribution in [0.5, 0.6) is 0 Å². The van der Waals surface area contributed by atoms with Crippen LogP contribution in [0.15, 0.2) is 24.3 Å². The zero-order chi connectivity index (χ0) is 7.56. The first kappa shape index (κ1) is 10.5. The van der Waals surface area contributed by atoms with E-state index in [1.807, 2.05) is 13.0 Å². The lowest BCUT2D eigenvalue weighted by atomic mass is 10.1. The van der Waals surface area contributed by atoms with Crippen molar-refractivity contribution in [3.8, 4) is 0 Å². The second-order valence-electron chi connectivity index (χ2n) is 2.70. The Labute approximate surface area is 74.0 Å². The van der Waals surface area contributed by atoms with Gasteiger partial charge in [-0.3, -0.25) is 0 Å². The molecule has 0 aliphatic heterocycles. The lowest BCUT2D eigenvalue weighted by Gasteiger charge is -2.04. The molecule has 0 aromatic heterocycles. The summed E-state index contributed by atoms with van der Waals surface area (Å²) in [5, 5.41) is 0. The second kappa shape index (κ2) is 4.37. The third-order valence-electron chi connectivity index (χ3n) is 1.57. The molecular formula is C9H14ClN. The average molecular weight is 172 g/mol. The Kier molecular flexibility index (Phi) is 4.16. The number of rotatable bonds is 1. The van der Waals surface area contributed by atoms with E-state index < -0.39 is 0 Å². The first-order valence-electron chi connectivity index (χ1n) is 3.52. The van der Waals surface area contributed by atoms with Gasteiger partial charge < -0.3 is 5.73 Å². The molecule has 1 atom stereocenters. The van der Waals surface area contributed by atoms with Crippen molar-refractivity contribution in [2.45, 2.75) is 19.9 Å². The molecule has 0 amide bonds. The third kappa shape index (κ3) is 2.91. The van der Waals surface area contributed by atoms with Crippen molar-refractivity contribution >= 4 is 12.4 Å². The van der Waals surface area contributed by atoms with E-state index >= 15 is 0 Å². The average Bonchev–Trinajstić information content (AvgIpc) is 1.88. The summed E-state index contributed by atoms with van der Waals surface area (Å²) < 4.78 is 0. The van der Waals surface area contributed by atoms with Crippen molar-refractivity contribution in [2.75, 3.05) is 0 Å². The molecule has 62 valence electrons. The Hall–Kier alpha value is -0.530. The largest absolute Gasteiger partial charge is 0.324 e. The minimum atomic E-state index is 0. The predicted molar refractivity (Wildman–Crippen MR) is 51.0 cm³/mol. The molecule has 1 aromatic carbocycles. The van der Waals surface area contributed by atoms with Crippen LogP contribution in [0.1, 0.15) is 24.1 Å². The van der Waals surface area contributed by atoms with E-state index in [0.29, 0.717) is 0 Å². The van der Waals surface area contributed by atoms with Crippen molar-refractivity contribution in [2.24, 2.45) is 5.73 Å². The summed E-state index contributed by atoms with van der Waals surface area (Å²) in [5.74, 6) is 0. The second-order valence-corrected chi connectivity index (χ2v) is 2.70. The van der Waals surface area contributed by atoms with Crippen molar-refractivity contribution in [1.29, 1.82) is 0 Å². The molecule has 1 nitrogen and oxygen atoms in total. The molecule has 1 rings (SSSR count). The molecule has 0 aliphatic rings. The van der Waals surface area contributed by atoms with Crippen LogP contribution < -0.4 is 5.73 Å². The standard InChI is InChI=1S/C9H13N.ClH/c1-7-4-3-5-9(6-7)8(2)10;/h3-6,8H,10H2,1-2H3;1H. The normalized spacial score (nSPS) is 11.9. The molecule has 0 aliphatic carbocycles. The fourth-order valence-electron chi connectivity index (χ4n) is 0.953. The van der Waals surface area contributed by atoms with Gasteiger partial charge >= 0.3 is 0 Å². The van der Waals surface area contributed by atoms with Gasteiger partial charge in [-0.1, -0.05) is 29.8 Å². The molecule has 0 bridgehead atoms. The Morgan fingerprint density at radius 1 is 1.36 bits per heavy atom. The summed E-state index contributed by atoms with van der Waals surface area (Å²) in [5.41, 5.74) is 8.16. The molecule has 2 heteroatoms. The molecule has 0 saturated carbocycles. The van der Waals surface area contributed by atoms with E-state index in [0.717, 1.165) is 0 Å². The molecule has 0 fully saturated rings. The van der Waals surface area contributed by atoms with E-state index in [1.165, 1.54) is 11.1 Å². The number of hydrogen-bond acceptors (Lipinski definition) is 1. The maximum absolute atomic E-state index is 5.68. The fourth-order valence-corrected chi connectivity index (χ4v) is 0.953. The Bertz CT molecular complexity index is 221. The van der Waals surface area contributed by atoms with E-state index in [9.17, 15) is 0 Å². The van der Waals surface area contributed by atoms with Gasteiger partial charge in [0.2, 0.25) is 0 Å². The van der Waals surface area contributed by atoms with Crippen LogP contribution in [0.25, 0.3) is 0 Å². The Morgan fingerprint density at radius 3 is 2.36 bits per heavy atom. The summed E-state index contributed by atoms with van der Waals surface area (Å²) in [6.07, 6.45) is 0. The van der Waals surface area contributed by atoms with Crippen LogP contribution in [0.4, 0.5) is 0 Å². The zero-order valence-corrected chi connectivity index (χ0v) is 7.69. The minimum Gasteiger partial charge on any atom is -0.324 e. The predicted octanol–water partition coefficient (Wildman–Crippen LogP) is 2.44. The van der Waals surface area contributed by atoms with Gasteiger partial charge in [0.05, 0.1) is 0 Å². The molecular weight excluding hydrogens is 158 g/mol. The highest BCUT2D eigenvalue weighted by atomic mass is 35.5. The molecule has 1 aromatic rings. The van der Waals surface area contributed by atoms with Gasteiger partial charge in [0, 0.05) is 6.04 Å². The van der Waals surface area contributed by atoms with Crippen molar-refractivity contribution in [3.05, 3.63) is 35.4 Å². The molecule has 0 saturated heterocycles. The zero-order valence-electron chi connectivity index (χ0n) is 6.87. The van der Waals surface area contributed by atoms with E-state index in [-0.39, 0.29) is 18.4 Å². The lowest BCUT2D eigenvalue weighted by molar-refractivity contribution is 0.817. The highest BCUT2D eigenvalue weighted by molar-refractivity contribution is 5.85. The van der Waals surface area contributed by atoms with Crippen LogP contribution in [-0.2, 0) is 0 Å². The smallest absolute Gasteiger partial charge is 0.0266 e. The van der Waals surface area contributed by atoms with Crippen molar-refractivity contribution in [3.63, 3.8) is 0 Å². The van der Waals surface area contributed by atoms with E-state index in [2.05, 4.69) is 25.1 Å². The molecule has 1 unspecified atom stereocenters. The van der Waals surface area contributed by atoms with Crippen LogP contribution in [0, 0.1) is 6.92 Å². The maximum atomic E-state index is 5.68. The quantitative estimate of drug-likeness (QED) is 0.690. The van der Waals surface area contributed by atoms with Gasteiger partial charge in [-0.15, -0.1) is 12.4 Å². The summed E-state index contributed by atoms with van der Waals surface area (Å²) >= 11 is 0. The van der Waals surface area contributed by atoms with Gasteiger partial charge in [0.15, 0.2) is 0 Å². The monoisotopic (exact) mass is 171 g/mol. The van der Waals surface area contributed by atoms with Crippen LogP contribution >= 0.6 is 12.4 Å². The van der Waals surface area contributed by atoms with Crippen LogP contribution in [0.2, 0.25) is 0 Å². The van der Waals surface area contributed by atoms with Gasteiger partial charge in [0.25, 0.3) is 0 Å². The third-order valence-corrected chi connectivity index (χ3v) is 1.57. The number of hydrogen-bond donors (Lipinski definition) is 1. The topological polar surface area (TPSA) is 26.0 Å². The molecule has 0 spiro atoms. The highest BCUT2D eigenvalue weighted by Crippen LogP contribution is 2.10. The SMILES string of the molecule is Cc1cccc(C(C)N)c1.Cl. The number of benzene rings is 1. The summed E-state index contributed by atoms with van der Waals surface area (Å²) in [7, 11) is 0. The number of halogens is 1. The van der Waals surface area contributed by atoms with Gasteiger partial charge in [-0.25, -0.2) is 0 Å². The van der Waals surface area contributed by atoms with Crippen molar-refractivity contribution in [1.82, 2.24) is 0 Å². The molecule has 0 heterocycles. The van der Waals surface area contributed by atoms with Crippen LogP contribution in [-0.4, -0.2) is 0 Å². The number of nitrogens with two attached hydrogens (primary N) is 1. The van der Waals surface area contributed by atoms with Crippen LogP contribution in [0.3, 0.4) is 0 Å². The molecule has 0 radical (unpaired) electrons. The lowest BCUT2D eigenvalue weighted by Crippen LogP contribution is -2.04. The van der Waals surface area contributed by atoms with Gasteiger partial charge in [-0.05, 0) is 19.4 Å². The van der Waals surface area contributed by atoms with Gasteiger partial charge in [0.1, 0.15) is 0 Å². The number of aryl methyl sites for hydroxylation is 1. The van der Waals surface area contributed by atoms with Gasteiger partial charge in [-0.2, -0.15) is 0 Å². The fraction of sp³-hybridized carbons (Fsp3) is 0.333. The first-order chi connectivity index (χ1) is 4.70. The highest BCUT2D eigenvalue weighted by Gasteiger charge is 1.96. The summed E-state index contributed by atoms with van der Waals surface area (Å²) in [6, 6.07) is 8.43. The Morgan fingerprint density at radius 2 is 2.00 bits per heavy atom. The van der Waals surface area contributed by atoms with Crippen molar-refractivity contribution < 1.29 is 0 Å². The Balaban J connectivity index is 0.000001000. The summed E-state index contributed by atoms with van der Waals surface area (Å²) in [4.78, 5) is 0. The summed E-state index contributed by atoms with van der Waals surface area (Å²) in [6.45, 7) is 4.07. The van der Waals surface area contributed by atoms with E-state index in [4.69, 9.17) is 5.73 Å². The molecule has 2 N–H and O–H groups in total. The minimum absolute atomic E-state index is 0.